The lowest BCUT2D eigenvalue weighted by atomic mass is 9.99. The zero-order valence-electron chi connectivity index (χ0n) is 44.5. The molecule has 0 aromatic carbocycles. The Morgan fingerprint density at radius 3 is 1.59 bits per heavy atom. The van der Waals surface area contributed by atoms with Crippen molar-refractivity contribution in [1.82, 2.24) is 5.32 Å². The normalized spacial score (nSPS) is 20.9. The smallest absolute Gasteiger partial charge is 0.387 e. The number of carbonyl (C=O) groups excluding carboxylic acids is 1. The van der Waals surface area contributed by atoms with Gasteiger partial charge in [-0.25, -0.2) is 4.57 Å². The van der Waals surface area contributed by atoms with Crippen LogP contribution in [0.25, 0.3) is 0 Å². The van der Waals surface area contributed by atoms with Crippen molar-refractivity contribution in [2.45, 2.75) is 262 Å². The van der Waals surface area contributed by atoms with Gasteiger partial charge >= 0.3 is 7.82 Å². The Labute approximate surface area is 421 Å². The number of rotatable bonds is 47. The van der Waals surface area contributed by atoms with Gasteiger partial charge in [-0.05, 0) is 38.5 Å². The first-order valence-corrected chi connectivity index (χ1v) is 29.4. The summed E-state index contributed by atoms with van der Waals surface area (Å²) in [5, 5.41) is 46.2. The summed E-state index contributed by atoms with van der Waals surface area (Å²) < 4.78 is 34.7. The van der Waals surface area contributed by atoms with Gasteiger partial charge in [0.1, 0.15) is 37.6 Å². The molecule has 14 heteroatoms. The summed E-state index contributed by atoms with van der Waals surface area (Å²) in [6, 6.07) is -0.919. The molecule has 0 radical (unpaired) electrons. The largest absolute Gasteiger partial charge is 0.472 e. The van der Waals surface area contributed by atoms with E-state index < -0.39 is 57.3 Å². The van der Waals surface area contributed by atoms with E-state index in [1.807, 2.05) is 27.2 Å². The van der Waals surface area contributed by atoms with Crippen LogP contribution in [0.15, 0.2) is 36.5 Å². The molecule has 0 aromatic rings. The number of phosphoric ester groups is 1. The number of allylic oxidation sites excluding steroid dienone is 5. The van der Waals surface area contributed by atoms with Crippen LogP contribution in [0.2, 0.25) is 0 Å². The number of amides is 1. The molecule has 0 aromatic heterocycles. The van der Waals surface area contributed by atoms with Gasteiger partial charge in [-0.15, -0.1) is 0 Å². The van der Waals surface area contributed by atoms with E-state index in [0.717, 1.165) is 44.9 Å². The number of ether oxygens (including phenoxy) is 2. The minimum atomic E-state index is -4.53. The molecule has 6 N–H and O–H groups in total. The van der Waals surface area contributed by atoms with E-state index in [1.54, 1.807) is 6.08 Å². The zero-order chi connectivity index (χ0) is 50.9. The first-order valence-electron chi connectivity index (χ1n) is 27.9. The summed E-state index contributed by atoms with van der Waals surface area (Å²) in [6.07, 6.45) is 41.6. The molecule has 1 aliphatic rings. The first-order chi connectivity index (χ1) is 33.2. The lowest BCUT2D eigenvalue weighted by Gasteiger charge is -2.40. The van der Waals surface area contributed by atoms with Gasteiger partial charge in [0.15, 0.2) is 6.29 Å². The highest BCUT2D eigenvalue weighted by atomic mass is 31.2. The van der Waals surface area contributed by atoms with E-state index in [2.05, 4.69) is 43.5 Å². The van der Waals surface area contributed by atoms with Gasteiger partial charge in [-0.3, -0.25) is 13.8 Å². The van der Waals surface area contributed by atoms with E-state index >= 15 is 0 Å². The number of aliphatic hydroxyl groups excluding tert-OH is 4. The highest BCUT2D eigenvalue weighted by molar-refractivity contribution is 7.47. The van der Waals surface area contributed by atoms with Crippen molar-refractivity contribution >= 4 is 13.7 Å². The average molecular weight is 1000 g/mol. The molecule has 0 spiro atoms. The molecule has 1 aliphatic heterocycles. The fraction of sp³-hybridized carbons (Fsp3) is 0.873. The molecule has 1 fully saturated rings. The van der Waals surface area contributed by atoms with Crippen LogP contribution in [0.4, 0.5) is 0 Å². The van der Waals surface area contributed by atoms with Crippen molar-refractivity contribution in [3.05, 3.63) is 36.5 Å². The summed E-state index contributed by atoms with van der Waals surface area (Å²) in [4.78, 5) is 23.4. The Hall–Kier alpha value is -1.48. The van der Waals surface area contributed by atoms with Crippen molar-refractivity contribution in [2.24, 2.45) is 0 Å². The minimum absolute atomic E-state index is 0.0599. The van der Waals surface area contributed by atoms with Gasteiger partial charge in [-0.1, -0.05) is 211 Å². The number of carbonyl (C=O) groups is 1. The Kier molecular flexibility index (Phi) is 40.8. The Morgan fingerprint density at radius 1 is 0.623 bits per heavy atom. The average Bonchev–Trinajstić information content (AvgIpc) is 3.30. The third-order valence-electron chi connectivity index (χ3n) is 13.0. The summed E-state index contributed by atoms with van der Waals surface area (Å²) in [7, 11) is 1.17. The maximum Gasteiger partial charge on any atom is 0.472 e. The van der Waals surface area contributed by atoms with Crippen LogP contribution in [0, 0.1) is 0 Å². The predicted molar refractivity (Wildman–Crippen MR) is 282 cm³/mol. The number of quaternary nitrogens is 1. The number of phosphoric acid groups is 1. The van der Waals surface area contributed by atoms with Gasteiger partial charge < -0.3 is 44.6 Å². The number of hydrogen-bond donors (Lipinski definition) is 6. The Morgan fingerprint density at radius 2 is 1.09 bits per heavy atom. The SMILES string of the molecule is CCCCCCCCCC/C=C\C/C=C\CC/C=C/[C@H](O)[C@H](CO[C@@H]1O[C@H](COP(=O)(O)OCC[N+](C)(C)C)[C@H](O)[C@H](O)[C@H]1O)NC(=O)CCCCCCCCCCCCCCCCCCCCC. The van der Waals surface area contributed by atoms with Crippen molar-refractivity contribution in [1.29, 1.82) is 0 Å². The molecule has 1 unspecified atom stereocenters. The number of aliphatic hydroxyl groups is 4. The maximum atomic E-state index is 13.2. The Bertz CT molecular complexity index is 1340. The molecule has 13 nitrogen and oxygen atoms in total. The lowest BCUT2D eigenvalue weighted by molar-refractivity contribution is -0.870. The molecule has 69 heavy (non-hydrogen) atoms. The van der Waals surface area contributed by atoms with Gasteiger partial charge in [0.05, 0.1) is 46.5 Å². The lowest BCUT2D eigenvalue weighted by Crippen LogP contribution is -2.60. The maximum absolute atomic E-state index is 13.2. The van der Waals surface area contributed by atoms with Crippen molar-refractivity contribution in [3.8, 4) is 0 Å². The summed E-state index contributed by atoms with van der Waals surface area (Å²) in [5.41, 5.74) is 0. The molecular weight excluding hydrogens is 896 g/mol. The number of nitrogens with zero attached hydrogens (tertiary/aromatic N) is 1. The van der Waals surface area contributed by atoms with E-state index in [-0.39, 0.29) is 25.5 Å². The molecule has 0 bridgehead atoms. The van der Waals surface area contributed by atoms with Gasteiger partial charge in [-0.2, -0.15) is 0 Å². The van der Waals surface area contributed by atoms with E-state index in [4.69, 9.17) is 18.5 Å². The third kappa shape index (κ3) is 37.9. The molecule has 406 valence electrons. The van der Waals surface area contributed by atoms with Gasteiger partial charge in [0.2, 0.25) is 5.91 Å². The quantitative estimate of drug-likeness (QED) is 0.0148. The fourth-order valence-corrected chi connectivity index (χ4v) is 9.08. The van der Waals surface area contributed by atoms with E-state index in [9.17, 15) is 34.7 Å². The number of unbranched alkanes of at least 4 members (excludes halogenated alkanes) is 27. The number of hydrogen-bond acceptors (Lipinski definition) is 10. The number of nitrogens with one attached hydrogen (secondary N) is 1. The monoisotopic (exact) mass is 1000 g/mol. The van der Waals surface area contributed by atoms with Crippen LogP contribution < -0.4 is 5.32 Å². The van der Waals surface area contributed by atoms with Crippen LogP contribution in [0.5, 0.6) is 0 Å². The molecule has 1 saturated heterocycles. The second kappa shape index (κ2) is 43.0. The van der Waals surface area contributed by atoms with Crippen LogP contribution >= 0.6 is 7.82 Å². The highest BCUT2D eigenvalue weighted by Crippen LogP contribution is 2.43. The topological polar surface area (TPSA) is 184 Å². The zero-order valence-corrected chi connectivity index (χ0v) is 45.4. The van der Waals surface area contributed by atoms with Gasteiger partial charge in [0, 0.05) is 6.42 Å². The van der Waals surface area contributed by atoms with Crippen molar-refractivity contribution in [2.75, 3.05) is 47.5 Å². The summed E-state index contributed by atoms with van der Waals surface area (Å²) >= 11 is 0. The molecule has 1 rings (SSSR count). The molecule has 1 amide bonds. The fourth-order valence-electron chi connectivity index (χ4n) is 8.36. The third-order valence-corrected chi connectivity index (χ3v) is 13.9. The van der Waals surface area contributed by atoms with Crippen LogP contribution in [0.1, 0.15) is 219 Å². The summed E-state index contributed by atoms with van der Waals surface area (Å²) in [5.74, 6) is -0.239. The number of likely N-dealkylation sites (N-methyl/N-ethyl adjacent to an activating group) is 1. The second-order valence-corrected chi connectivity index (χ2v) is 22.1. The molecule has 0 aliphatic carbocycles. The summed E-state index contributed by atoms with van der Waals surface area (Å²) in [6.45, 7) is 3.95. The molecular formula is C55H106N2O11P+. The first kappa shape index (κ1) is 65.5. The van der Waals surface area contributed by atoms with Crippen molar-refractivity contribution in [3.63, 3.8) is 0 Å². The molecule has 8 atom stereocenters. The van der Waals surface area contributed by atoms with E-state index in [0.29, 0.717) is 17.4 Å². The molecule has 1 heterocycles. The van der Waals surface area contributed by atoms with Crippen LogP contribution in [-0.2, 0) is 27.9 Å². The minimum Gasteiger partial charge on any atom is -0.387 e. The predicted octanol–water partition coefficient (Wildman–Crippen LogP) is 11.7. The van der Waals surface area contributed by atoms with Crippen molar-refractivity contribution < 1.29 is 57.7 Å². The highest BCUT2D eigenvalue weighted by Gasteiger charge is 2.45. The van der Waals surface area contributed by atoms with Gasteiger partial charge in [0.25, 0.3) is 0 Å². The van der Waals surface area contributed by atoms with E-state index in [1.165, 1.54) is 148 Å². The second-order valence-electron chi connectivity index (χ2n) is 20.7. The molecule has 0 saturated carbocycles. The Balaban J connectivity index is 2.60. The standard InChI is InChI=1S/C55H105N2O11P/c1-6-8-10-12-14-16-18-20-22-24-25-27-29-31-33-35-37-39-41-43-51(59)56-48(49(58)42-40-38-36-34-32-30-28-26-23-21-19-17-15-13-11-9-7-2)46-65-55-54(62)53(61)52(60)50(68-55)47-67-69(63,64)66-45-44-57(3,4)5/h26,28,32,34,40,42,48-50,52-55,58,60-62H,6-25,27,29-31,33,35-39,41,43-47H2,1-5H3,(H-,56,59,63,64)/p+1/b28-26-,34-32-,42-40+/t48-,49-,50+,52-,53-,54+,55+/m0/s1. The van der Waals surface area contributed by atoms with Crippen LogP contribution in [-0.4, -0.2) is 126 Å². The van der Waals surface area contributed by atoms with Crippen LogP contribution in [0.3, 0.4) is 0 Å².